The zero-order valence-electron chi connectivity index (χ0n) is 7.75. The van der Waals surface area contributed by atoms with Gasteiger partial charge in [-0.05, 0) is 0 Å². The van der Waals surface area contributed by atoms with Gasteiger partial charge in [0.05, 0.1) is 6.42 Å². The molecule has 0 atom stereocenters. The standard InChI is InChI=1S/C5H6O4.C4H9.Na.H/c1-3(5(8)9)2-4(6)7;1-3-4-2;;/h1-2H2,(H,6,7)(H,8,9);1,3-4H2,2H3;;. The topological polar surface area (TPSA) is 74.6 Å². The number of carbonyl (C=O) groups is 2. The molecule has 0 amide bonds. The summed E-state index contributed by atoms with van der Waals surface area (Å²) < 4.78 is 0. The summed E-state index contributed by atoms with van der Waals surface area (Å²) in [6.07, 6.45) is 1.77. The molecular formula is C9H16NaO4. The van der Waals surface area contributed by atoms with E-state index in [1.165, 1.54) is 6.42 Å². The van der Waals surface area contributed by atoms with Crippen LogP contribution in [0.25, 0.3) is 0 Å². The Labute approximate surface area is 106 Å². The van der Waals surface area contributed by atoms with Gasteiger partial charge in [0.2, 0.25) is 0 Å². The molecule has 0 aromatic heterocycles. The van der Waals surface area contributed by atoms with Crippen molar-refractivity contribution in [2.45, 2.75) is 26.2 Å². The van der Waals surface area contributed by atoms with Crippen LogP contribution < -0.4 is 0 Å². The molecule has 5 heteroatoms. The third-order valence-corrected chi connectivity index (χ3v) is 1.02. The third-order valence-electron chi connectivity index (χ3n) is 1.02. The molecule has 0 aromatic carbocycles. The van der Waals surface area contributed by atoms with Gasteiger partial charge in [0.1, 0.15) is 0 Å². The van der Waals surface area contributed by atoms with E-state index in [-0.39, 0.29) is 35.1 Å². The second kappa shape index (κ2) is 12.7. The van der Waals surface area contributed by atoms with Crippen LogP contribution in [0.3, 0.4) is 0 Å². The van der Waals surface area contributed by atoms with E-state index < -0.39 is 18.4 Å². The molecule has 2 N–H and O–H groups in total. The Morgan fingerprint density at radius 1 is 1.29 bits per heavy atom. The van der Waals surface area contributed by atoms with Crippen molar-refractivity contribution < 1.29 is 19.8 Å². The van der Waals surface area contributed by atoms with Gasteiger partial charge in [0.15, 0.2) is 0 Å². The molecule has 0 aliphatic carbocycles. The second-order valence-corrected chi connectivity index (χ2v) is 2.33. The van der Waals surface area contributed by atoms with Crippen LogP contribution in [0.2, 0.25) is 0 Å². The maximum absolute atomic E-state index is 9.87. The van der Waals surface area contributed by atoms with Gasteiger partial charge in [0, 0.05) is 5.57 Å². The van der Waals surface area contributed by atoms with Gasteiger partial charge in [-0.15, -0.1) is 0 Å². The average Bonchev–Trinajstić information content (AvgIpc) is 2.03. The quantitative estimate of drug-likeness (QED) is 0.539. The fourth-order valence-corrected chi connectivity index (χ4v) is 0.258. The molecule has 0 saturated carbocycles. The van der Waals surface area contributed by atoms with E-state index in [2.05, 4.69) is 20.4 Å². The Hall–Kier alpha value is -0.320. The molecule has 4 nitrogen and oxygen atoms in total. The molecule has 0 aliphatic rings. The first-order valence-electron chi connectivity index (χ1n) is 3.87. The van der Waals surface area contributed by atoms with Crippen molar-refractivity contribution in [2.75, 3.05) is 0 Å². The van der Waals surface area contributed by atoms with Gasteiger partial charge in [-0.1, -0.05) is 33.3 Å². The Balaban J connectivity index is -0.000000209. The number of carboxylic acid groups (broad SMARTS) is 2. The van der Waals surface area contributed by atoms with Crippen molar-refractivity contribution in [1.82, 2.24) is 0 Å². The average molecular weight is 211 g/mol. The van der Waals surface area contributed by atoms with Gasteiger partial charge in [0.25, 0.3) is 0 Å². The predicted molar refractivity (Wildman–Crippen MR) is 56.4 cm³/mol. The molecule has 0 bridgehead atoms. The van der Waals surface area contributed by atoms with Crippen molar-refractivity contribution in [3.63, 3.8) is 0 Å². The Kier molecular flexibility index (Phi) is 17.5. The van der Waals surface area contributed by atoms with Gasteiger partial charge in [-0.2, -0.15) is 0 Å². The molecule has 0 fully saturated rings. The van der Waals surface area contributed by atoms with Crippen LogP contribution >= 0.6 is 0 Å². The molecule has 0 spiro atoms. The number of hydrogen-bond donors (Lipinski definition) is 2. The Morgan fingerprint density at radius 3 is 1.71 bits per heavy atom. The van der Waals surface area contributed by atoms with Crippen molar-refractivity contribution in [3.8, 4) is 0 Å². The summed E-state index contributed by atoms with van der Waals surface area (Å²) in [5.41, 5.74) is -0.303. The minimum atomic E-state index is -1.27. The number of carboxylic acids is 2. The maximum atomic E-state index is 9.87. The fraction of sp³-hybridized carbons (Fsp3) is 0.444. The number of unbranched alkanes of at least 4 members (excludes halogenated alkanes) is 1. The zero-order valence-corrected chi connectivity index (χ0v) is 7.75. The SMILES string of the molecule is C=C(CC(=O)O)C(=O)O.[CH2]CCC.[NaH]. The van der Waals surface area contributed by atoms with Gasteiger partial charge >= 0.3 is 41.5 Å². The van der Waals surface area contributed by atoms with Crippen LogP contribution in [-0.2, 0) is 9.59 Å². The van der Waals surface area contributed by atoms with Crippen molar-refractivity contribution >= 4 is 41.5 Å². The van der Waals surface area contributed by atoms with Crippen molar-refractivity contribution in [2.24, 2.45) is 0 Å². The first-order valence-corrected chi connectivity index (χ1v) is 3.87. The van der Waals surface area contributed by atoms with Crippen LogP contribution in [0.4, 0.5) is 0 Å². The van der Waals surface area contributed by atoms with Crippen molar-refractivity contribution in [3.05, 3.63) is 19.1 Å². The molecule has 0 unspecified atom stereocenters. The van der Waals surface area contributed by atoms with E-state index in [0.717, 1.165) is 6.42 Å². The summed E-state index contributed by atoms with van der Waals surface area (Å²) in [5.74, 6) is -2.44. The minimum absolute atomic E-state index is 0. The Morgan fingerprint density at radius 2 is 1.64 bits per heavy atom. The van der Waals surface area contributed by atoms with Gasteiger partial charge in [-0.3, -0.25) is 4.79 Å². The normalized spacial score (nSPS) is 7.57. The van der Waals surface area contributed by atoms with Crippen LogP contribution in [0.1, 0.15) is 26.2 Å². The van der Waals surface area contributed by atoms with Crippen LogP contribution in [0, 0.1) is 6.92 Å². The number of hydrogen-bond acceptors (Lipinski definition) is 2. The molecule has 0 aliphatic heterocycles. The molecule has 0 heterocycles. The third kappa shape index (κ3) is 17.7. The van der Waals surface area contributed by atoms with E-state index in [0.29, 0.717) is 0 Å². The Bertz CT molecular complexity index is 187. The summed E-state index contributed by atoms with van der Waals surface area (Å²) in [5, 5.41) is 16.1. The molecule has 0 aromatic rings. The second-order valence-electron chi connectivity index (χ2n) is 2.33. The zero-order chi connectivity index (χ0) is 10.9. The summed E-state index contributed by atoms with van der Waals surface area (Å²) >= 11 is 0. The predicted octanol–water partition coefficient (Wildman–Crippen LogP) is 1.07. The van der Waals surface area contributed by atoms with Crippen LogP contribution in [-0.4, -0.2) is 51.7 Å². The fourth-order valence-electron chi connectivity index (χ4n) is 0.258. The van der Waals surface area contributed by atoms with Gasteiger partial charge < -0.3 is 10.2 Å². The summed E-state index contributed by atoms with van der Waals surface area (Å²) in [7, 11) is 0. The summed E-state index contributed by atoms with van der Waals surface area (Å²) in [4.78, 5) is 19.7. The monoisotopic (exact) mass is 211 g/mol. The number of aliphatic carboxylic acids is 2. The van der Waals surface area contributed by atoms with E-state index in [1.807, 2.05) is 0 Å². The van der Waals surface area contributed by atoms with E-state index in [1.54, 1.807) is 0 Å². The van der Waals surface area contributed by atoms with E-state index >= 15 is 0 Å². The van der Waals surface area contributed by atoms with Crippen LogP contribution in [0.5, 0.6) is 0 Å². The van der Waals surface area contributed by atoms with E-state index in [9.17, 15) is 9.59 Å². The van der Waals surface area contributed by atoms with Crippen molar-refractivity contribution in [1.29, 1.82) is 0 Å². The first-order chi connectivity index (χ1) is 5.95. The molecule has 0 rings (SSSR count). The molecule has 77 valence electrons. The van der Waals surface area contributed by atoms with Crippen LogP contribution in [0.15, 0.2) is 12.2 Å². The molecule has 14 heavy (non-hydrogen) atoms. The summed E-state index contributed by atoms with van der Waals surface area (Å²) in [6.45, 7) is 8.74. The molecule has 0 saturated heterocycles. The van der Waals surface area contributed by atoms with E-state index in [4.69, 9.17) is 10.2 Å². The van der Waals surface area contributed by atoms with Gasteiger partial charge in [-0.25, -0.2) is 4.79 Å². The molecule has 1 radical (unpaired) electrons. The first kappa shape index (κ1) is 19.3. The number of rotatable bonds is 4. The molecular weight excluding hydrogens is 195 g/mol. The summed E-state index contributed by atoms with van der Waals surface area (Å²) in [6, 6.07) is 0.